The van der Waals surface area contributed by atoms with Crippen molar-refractivity contribution in [2.45, 2.75) is 20.8 Å². The second kappa shape index (κ2) is 3.97. The van der Waals surface area contributed by atoms with Crippen molar-refractivity contribution >= 4 is 5.57 Å². The maximum atomic E-state index is 8.91. The van der Waals surface area contributed by atoms with E-state index < -0.39 is 0 Å². The van der Waals surface area contributed by atoms with Crippen LogP contribution in [0.1, 0.15) is 22.3 Å². The largest absolute Gasteiger partial charge is 0.514 e. The molecule has 0 heterocycles. The van der Waals surface area contributed by atoms with Crippen molar-refractivity contribution in [2.24, 2.45) is 0 Å². The summed E-state index contributed by atoms with van der Waals surface area (Å²) in [6, 6.07) is 5.99. The third-order valence-corrected chi connectivity index (χ3v) is 2.20. The summed E-state index contributed by atoms with van der Waals surface area (Å²) in [6.45, 7) is 5.89. The van der Waals surface area contributed by atoms with Gasteiger partial charge >= 0.3 is 0 Å². The Morgan fingerprint density at radius 3 is 2.14 bits per heavy atom. The summed E-state index contributed by atoms with van der Waals surface area (Å²) in [6.07, 6.45) is 0.866. The molecular weight excluding hydrogens is 174 g/mol. The molecule has 0 amide bonds. The van der Waals surface area contributed by atoms with Gasteiger partial charge in [-0.05, 0) is 31.9 Å². The predicted octanol–water partition coefficient (Wildman–Crippen LogP) is 3.03. The van der Waals surface area contributed by atoms with Crippen LogP contribution in [0.4, 0.5) is 0 Å². The average Bonchev–Trinajstić information content (AvgIpc) is 2.10. The number of hydrogen-bond acceptors (Lipinski definition) is 2. The van der Waals surface area contributed by atoms with Crippen LogP contribution >= 0.6 is 0 Å². The summed E-state index contributed by atoms with van der Waals surface area (Å²) in [4.78, 5) is 0. The second-order valence-electron chi connectivity index (χ2n) is 3.43. The lowest BCUT2D eigenvalue weighted by molar-refractivity contribution is 0.476. The molecule has 72 valence electrons. The van der Waals surface area contributed by atoms with E-state index in [0.29, 0.717) is 5.57 Å². The number of hydrogen-bond donors (Lipinski definition) is 1. The topological polar surface area (TPSA) is 44.0 Å². The Labute approximate surface area is 84.1 Å². The standard InChI is InChI=1S/C12H13NO/c1-8-4-9(2)12(10(3)5-8)11(6-13)7-14/h4-5,7,14H,1-3H3/b11-7+. The van der Waals surface area contributed by atoms with E-state index in [0.717, 1.165) is 23.0 Å². The number of nitrogens with zero attached hydrogens (tertiary/aromatic N) is 1. The summed E-state index contributed by atoms with van der Waals surface area (Å²) in [5.74, 6) is 0. The molecule has 1 rings (SSSR count). The highest BCUT2D eigenvalue weighted by molar-refractivity contribution is 5.79. The lowest BCUT2D eigenvalue weighted by Crippen LogP contribution is -1.93. The van der Waals surface area contributed by atoms with E-state index in [1.165, 1.54) is 5.56 Å². The Bertz CT molecular complexity index is 401. The molecule has 0 aliphatic carbocycles. The van der Waals surface area contributed by atoms with Crippen molar-refractivity contribution in [1.29, 1.82) is 5.26 Å². The zero-order valence-corrected chi connectivity index (χ0v) is 8.63. The monoisotopic (exact) mass is 187 g/mol. The molecule has 0 saturated carbocycles. The van der Waals surface area contributed by atoms with Crippen LogP contribution in [0, 0.1) is 32.1 Å². The van der Waals surface area contributed by atoms with E-state index in [9.17, 15) is 0 Å². The Hall–Kier alpha value is -1.75. The number of allylic oxidation sites excluding steroid dienone is 1. The molecule has 0 spiro atoms. The number of rotatable bonds is 1. The molecule has 0 aromatic heterocycles. The quantitative estimate of drug-likeness (QED) is 0.542. The van der Waals surface area contributed by atoms with Gasteiger partial charge in [0.15, 0.2) is 0 Å². The minimum absolute atomic E-state index is 0.319. The SMILES string of the molecule is Cc1cc(C)c(/C(C#N)=C/O)c(C)c1. The summed E-state index contributed by atoms with van der Waals surface area (Å²) in [5, 5.41) is 17.7. The smallest absolute Gasteiger partial charge is 0.103 e. The van der Waals surface area contributed by atoms with Gasteiger partial charge in [0.2, 0.25) is 0 Å². The van der Waals surface area contributed by atoms with Crippen molar-refractivity contribution in [3.63, 3.8) is 0 Å². The summed E-state index contributed by atoms with van der Waals surface area (Å²) in [5.41, 5.74) is 4.35. The van der Waals surface area contributed by atoms with Gasteiger partial charge in [0.05, 0.1) is 11.8 Å². The molecule has 14 heavy (non-hydrogen) atoms. The van der Waals surface area contributed by atoms with Crippen LogP contribution in [0.3, 0.4) is 0 Å². The number of nitriles is 1. The summed E-state index contributed by atoms with van der Waals surface area (Å²) in [7, 11) is 0. The van der Waals surface area contributed by atoms with Crippen LogP contribution in [0.25, 0.3) is 5.57 Å². The van der Waals surface area contributed by atoms with Gasteiger partial charge in [-0.1, -0.05) is 17.7 Å². The molecule has 0 bridgehead atoms. The van der Waals surface area contributed by atoms with Gasteiger partial charge in [0.1, 0.15) is 6.07 Å². The van der Waals surface area contributed by atoms with Crippen LogP contribution in [-0.2, 0) is 0 Å². The normalized spacial score (nSPS) is 11.1. The highest BCUT2D eigenvalue weighted by Crippen LogP contribution is 2.23. The first kappa shape index (κ1) is 10.3. The third kappa shape index (κ3) is 1.77. The lowest BCUT2D eigenvalue weighted by Gasteiger charge is -2.08. The molecule has 0 radical (unpaired) electrons. The van der Waals surface area contributed by atoms with Crippen molar-refractivity contribution in [2.75, 3.05) is 0 Å². The molecule has 1 N–H and O–H groups in total. The molecule has 1 aromatic rings. The van der Waals surface area contributed by atoms with Gasteiger partial charge in [0.25, 0.3) is 0 Å². The van der Waals surface area contributed by atoms with Gasteiger partial charge in [-0.25, -0.2) is 0 Å². The maximum absolute atomic E-state index is 8.91. The minimum Gasteiger partial charge on any atom is -0.514 e. The van der Waals surface area contributed by atoms with Gasteiger partial charge in [-0.3, -0.25) is 0 Å². The van der Waals surface area contributed by atoms with Crippen molar-refractivity contribution in [3.8, 4) is 6.07 Å². The number of aliphatic hydroxyl groups is 1. The number of benzene rings is 1. The molecule has 2 nitrogen and oxygen atoms in total. The Balaban J connectivity index is 3.44. The molecular formula is C12H13NO. The summed E-state index contributed by atoms with van der Waals surface area (Å²) < 4.78 is 0. The van der Waals surface area contributed by atoms with Crippen LogP contribution in [0.15, 0.2) is 18.4 Å². The number of aliphatic hydroxyl groups excluding tert-OH is 1. The molecule has 1 aromatic carbocycles. The first-order valence-corrected chi connectivity index (χ1v) is 4.43. The molecule has 0 unspecified atom stereocenters. The fourth-order valence-corrected chi connectivity index (χ4v) is 1.75. The van der Waals surface area contributed by atoms with E-state index in [1.807, 2.05) is 39.0 Å². The molecule has 0 atom stereocenters. The van der Waals surface area contributed by atoms with Gasteiger partial charge < -0.3 is 5.11 Å². The van der Waals surface area contributed by atoms with E-state index in [4.69, 9.17) is 10.4 Å². The molecule has 0 fully saturated rings. The molecule has 0 aliphatic heterocycles. The lowest BCUT2D eigenvalue weighted by atomic mass is 9.95. The Morgan fingerprint density at radius 1 is 1.29 bits per heavy atom. The molecule has 0 aliphatic rings. The van der Waals surface area contributed by atoms with E-state index in [1.54, 1.807) is 0 Å². The molecule has 2 heteroatoms. The minimum atomic E-state index is 0.319. The zero-order chi connectivity index (χ0) is 10.7. The van der Waals surface area contributed by atoms with Crippen LogP contribution in [-0.4, -0.2) is 5.11 Å². The van der Waals surface area contributed by atoms with Crippen LogP contribution in [0.5, 0.6) is 0 Å². The van der Waals surface area contributed by atoms with E-state index >= 15 is 0 Å². The van der Waals surface area contributed by atoms with E-state index in [-0.39, 0.29) is 0 Å². The van der Waals surface area contributed by atoms with Gasteiger partial charge in [-0.2, -0.15) is 5.26 Å². The second-order valence-corrected chi connectivity index (χ2v) is 3.43. The fourth-order valence-electron chi connectivity index (χ4n) is 1.75. The first-order valence-electron chi connectivity index (χ1n) is 4.43. The van der Waals surface area contributed by atoms with Crippen LogP contribution < -0.4 is 0 Å². The summed E-state index contributed by atoms with van der Waals surface area (Å²) >= 11 is 0. The van der Waals surface area contributed by atoms with Gasteiger partial charge in [-0.15, -0.1) is 0 Å². The van der Waals surface area contributed by atoms with Crippen molar-refractivity contribution in [1.82, 2.24) is 0 Å². The average molecular weight is 187 g/mol. The Morgan fingerprint density at radius 2 is 1.79 bits per heavy atom. The van der Waals surface area contributed by atoms with Gasteiger partial charge in [0, 0.05) is 5.56 Å². The maximum Gasteiger partial charge on any atom is 0.103 e. The highest BCUT2D eigenvalue weighted by atomic mass is 16.2. The Kier molecular flexibility index (Phi) is 2.93. The third-order valence-electron chi connectivity index (χ3n) is 2.20. The van der Waals surface area contributed by atoms with Crippen molar-refractivity contribution in [3.05, 3.63) is 40.6 Å². The van der Waals surface area contributed by atoms with E-state index in [2.05, 4.69) is 0 Å². The predicted molar refractivity (Wildman–Crippen MR) is 56.9 cm³/mol. The number of aryl methyl sites for hydroxylation is 3. The zero-order valence-electron chi connectivity index (χ0n) is 8.63. The van der Waals surface area contributed by atoms with Crippen LogP contribution in [0.2, 0.25) is 0 Å². The highest BCUT2D eigenvalue weighted by Gasteiger charge is 2.08. The van der Waals surface area contributed by atoms with Crippen molar-refractivity contribution < 1.29 is 5.11 Å². The fraction of sp³-hybridized carbons (Fsp3) is 0.250. The first-order chi connectivity index (χ1) is 6.60. The molecule has 0 saturated heterocycles.